The number of hydrogen-bond donors (Lipinski definition) is 2. The molecule has 0 aliphatic carbocycles. The number of ether oxygens (including phenoxy) is 2. The minimum Gasteiger partial charge on any atom is -0.493 e. The quantitative estimate of drug-likeness (QED) is 0.229. The molecule has 0 aromatic heterocycles. The molecule has 3 N–H and O–H groups in total. The summed E-state index contributed by atoms with van der Waals surface area (Å²) in [5, 5.41) is 2.94. The fraction of sp³-hybridized carbons (Fsp3) is 0.316. The summed E-state index contributed by atoms with van der Waals surface area (Å²) < 4.78 is 34.8. The summed E-state index contributed by atoms with van der Waals surface area (Å²) in [6.07, 6.45) is 0.434. The van der Waals surface area contributed by atoms with Gasteiger partial charge < -0.3 is 20.5 Å². The Morgan fingerprint density at radius 3 is 2.39 bits per heavy atom. The van der Waals surface area contributed by atoms with E-state index in [1.54, 1.807) is 44.6 Å². The highest BCUT2D eigenvalue weighted by atomic mass is 127. The normalized spacial score (nSPS) is 11.4. The Hall–Kier alpha value is -2.01. The molecule has 0 saturated carbocycles. The maximum absolute atomic E-state index is 12.2. The first-order valence-corrected chi connectivity index (χ1v) is 10.1. The summed E-state index contributed by atoms with van der Waals surface area (Å²) in [7, 11) is -0.122. The Kier molecular flexibility index (Phi) is 10.1. The van der Waals surface area contributed by atoms with Crippen LogP contribution in [-0.4, -0.2) is 40.9 Å². The molecule has 0 atom stereocenters. The van der Waals surface area contributed by atoms with Crippen molar-refractivity contribution in [2.45, 2.75) is 17.9 Å². The number of methoxy groups -OCH3 is 2. The van der Waals surface area contributed by atoms with E-state index >= 15 is 0 Å². The summed E-state index contributed by atoms with van der Waals surface area (Å²) in [5.74, 6) is 1.59. The van der Waals surface area contributed by atoms with Gasteiger partial charge in [-0.2, -0.15) is 0 Å². The second kappa shape index (κ2) is 11.7. The number of benzene rings is 2. The highest BCUT2D eigenvalue weighted by Crippen LogP contribution is 2.27. The summed E-state index contributed by atoms with van der Waals surface area (Å²) in [4.78, 5) is 4.59. The average molecular weight is 519 g/mol. The van der Waals surface area contributed by atoms with Gasteiger partial charge in [-0.3, -0.25) is 0 Å². The molecule has 154 valence electrons. The molecule has 2 rings (SSSR count). The maximum Gasteiger partial charge on any atom is 0.188 e. The molecular formula is C19H26IN3O4S. The number of guanidine groups is 1. The zero-order valence-corrected chi connectivity index (χ0v) is 19.1. The van der Waals surface area contributed by atoms with E-state index in [-0.39, 0.29) is 35.7 Å². The molecule has 0 amide bonds. The molecule has 0 aliphatic rings. The largest absolute Gasteiger partial charge is 0.493 e. The van der Waals surface area contributed by atoms with Crippen LogP contribution in [-0.2, 0) is 16.4 Å². The van der Waals surface area contributed by atoms with Gasteiger partial charge in [0.1, 0.15) is 0 Å². The van der Waals surface area contributed by atoms with E-state index in [1.165, 1.54) is 0 Å². The molecule has 9 heteroatoms. The van der Waals surface area contributed by atoms with Crippen molar-refractivity contribution < 1.29 is 17.9 Å². The van der Waals surface area contributed by atoms with E-state index in [9.17, 15) is 8.42 Å². The van der Waals surface area contributed by atoms with Gasteiger partial charge in [-0.25, -0.2) is 13.4 Å². The predicted molar refractivity (Wildman–Crippen MR) is 121 cm³/mol. The van der Waals surface area contributed by atoms with Gasteiger partial charge in [-0.05, 0) is 36.2 Å². The van der Waals surface area contributed by atoms with Gasteiger partial charge in [-0.15, -0.1) is 24.0 Å². The van der Waals surface area contributed by atoms with Crippen molar-refractivity contribution in [2.75, 3.05) is 26.5 Å². The van der Waals surface area contributed by atoms with E-state index < -0.39 is 9.84 Å². The van der Waals surface area contributed by atoms with Crippen molar-refractivity contribution in [3.05, 3.63) is 54.1 Å². The number of nitrogens with zero attached hydrogens (tertiary/aromatic N) is 1. The smallest absolute Gasteiger partial charge is 0.188 e. The number of sulfone groups is 1. The summed E-state index contributed by atoms with van der Waals surface area (Å²) in [6, 6.07) is 13.9. The van der Waals surface area contributed by atoms with Crippen LogP contribution >= 0.6 is 24.0 Å². The molecule has 2 aromatic rings. The number of aliphatic imine (C=N–C) groups is 1. The molecule has 28 heavy (non-hydrogen) atoms. The number of rotatable bonds is 9. The van der Waals surface area contributed by atoms with Crippen LogP contribution in [0.4, 0.5) is 0 Å². The maximum atomic E-state index is 12.2. The molecule has 0 heterocycles. The summed E-state index contributed by atoms with van der Waals surface area (Å²) >= 11 is 0. The monoisotopic (exact) mass is 519 g/mol. The van der Waals surface area contributed by atoms with Crippen LogP contribution in [0.2, 0.25) is 0 Å². The first kappa shape index (κ1) is 24.0. The lowest BCUT2D eigenvalue weighted by Crippen LogP contribution is -2.33. The van der Waals surface area contributed by atoms with Crippen LogP contribution in [0.5, 0.6) is 11.5 Å². The third kappa shape index (κ3) is 7.19. The van der Waals surface area contributed by atoms with E-state index in [0.717, 1.165) is 5.56 Å². The number of nitrogens with one attached hydrogen (secondary N) is 1. The van der Waals surface area contributed by atoms with Gasteiger partial charge in [0.25, 0.3) is 0 Å². The Labute approximate surface area is 183 Å². The molecule has 7 nitrogen and oxygen atoms in total. The lowest BCUT2D eigenvalue weighted by atomic mass is 10.2. The fourth-order valence-electron chi connectivity index (χ4n) is 2.44. The van der Waals surface area contributed by atoms with E-state index in [0.29, 0.717) is 35.9 Å². The lowest BCUT2D eigenvalue weighted by molar-refractivity contribution is 0.354. The van der Waals surface area contributed by atoms with Gasteiger partial charge >= 0.3 is 0 Å². The van der Waals surface area contributed by atoms with E-state index in [1.807, 2.05) is 18.2 Å². The van der Waals surface area contributed by atoms with E-state index in [4.69, 9.17) is 15.2 Å². The molecule has 0 radical (unpaired) electrons. The van der Waals surface area contributed by atoms with Gasteiger partial charge in [0.15, 0.2) is 27.3 Å². The minimum atomic E-state index is -3.27. The second-order valence-corrected chi connectivity index (χ2v) is 7.91. The lowest BCUT2D eigenvalue weighted by Gasteiger charge is -2.09. The van der Waals surface area contributed by atoms with E-state index in [2.05, 4.69) is 10.3 Å². The molecule has 0 spiro atoms. The van der Waals surface area contributed by atoms with Crippen molar-refractivity contribution in [1.29, 1.82) is 0 Å². The van der Waals surface area contributed by atoms with Crippen LogP contribution in [0.25, 0.3) is 0 Å². The SMILES string of the molecule is COc1ccc(CN=C(N)NCCCS(=O)(=O)c2ccccc2)cc1OC.I. The number of hydrogen-bond acceptors (Lipinski definition) is 5. The topological polar surface area (TPSA) is 103 Å². The highest BCUT2D eigenvalue weighted by molar-refractivity contribution is 14.0. The average Bonchev–Trinajstić information content (AvgIpc) is 2.70. The van der Waals surface area contributed by atoms with Crippen molar-refractivity contribution in [1.82, 2.24) is 5.32 Å². The van der Waals surface area contributed by atoms with Gasteiger partial charge in [0.2, 0.25) is 0 Å². The third-order valence-corrected chi connectivity index (χ3v) is 5.69. The second-order valence-electron chi connectivity index (χ2n) is 5.80. The number of halogens is 1. The molecular weight excluding hydrogens is 493 g/mol. The first-order valence-electron chi connectivity index (χ1n) is 8.49. The summed E-state index contributed by atoms with van der Waals surface area (Å²) in [5.41, 5.74) is 6.76. The highest BCUT2D eigenvalue weighted by Gasteiger charge is 2.12. The first-order chi connectivity index (χ1) is 13.0. The molecule has 0 aliphatic heterocycles. The minimum absolute atomic E-state index is 0. The van der Waals surface area contributed by atoms with Crippen molar-refractivity contribution in [3.8, 4) is 11.5 Å². The van der Waals surface area contributed by atoms with Crippen LogP contribution in [0, 0.1) is 0 Å². The van der Waals surface area contributed by atoms with Crippen molar-refractivity contribution >= 4 is 39.8 Å². The Bertz CT molecular complexity index is 874. The van der Waals surface area contributed by atoms with Gasteiger partial charge in [-0.1, -0.05) is 24.3 Å². The van der Waals surface area contributed by atoms with Gasteiger partial charge in [0, 0.05) is 6.54 Å². The van der Waals surface area contributed by atoms with Crippen molar-refractivity contribution in [3.63, 3.8) is 0 Å². The zero-order chi connectivity index (χ0) is 19.7. The predicted octanol–water partition coefficient (Wildman–Crippen LogP) is 2.59. The molecule has 0 fully saturated rings. The van der Waals surface area contributed by atoms with Crippen LogP contribution in [0.1, 0.15) is 12.0 Å². The molecule has 0 saturated heterocycles. The summed E-state index contributed by atoms with van der Waals surface area (Å²) in [6.45, 7) is 0.800. The zero-order valence-electron chi connectivity index (χ0n) is 15.9. The van der Waals surface area contributed by atoms with Crippen LogP contribution < -0.4 is 20.5 Å². The van der Waals surface area contributed by atoms with Crippen molar-refractivity contribution in [2.24, 2.45) is 10.7 Å². The standard InChI is InChI=1S/C19H25N3O4S.HI/c1-25-17-10-9-15(13-18(17)26-2)14-22-19(20)21-11-6-12-27(23,24)16-7-4-3-5-8-16;/h3-5,7-10,13H,6,11-12,14H2,1-2H3,(H3,20,21,22);1H. The van der Waals surface area contributed by atoms with Crippen LogP contribution in [0.15, 0.2) is 58.4 Å². The molecule has 0 bridgehead atoms. The Morgan fingerprint density at radius 1 is 1.07 bits per heavy atom. The third-order valence-electron chi connectivity index (χ3n) is 3.88. The van der Waals surface area contributed by atoms with Crippen LogP contribution in [0.3, 0.4) is 0 Å². The number of nitrogens with two attached hydrogens (primary N) is 1. The molecule has 0 unspecified atom stereocenters. The Balaban J connectivity index is 0.00000392. The van der Waals surface area contributed by atoms with Gasteiger partial charge in [0.05, 0.1) is 31.4 Å². The molecule has 2 aromatic carbocycles. The fourth-order valence-corrected chi connectivity index (χ4v) is 3.77. The Morgan fingerprint density at radius 2 is 1.75 bits per heavy atom.